The molecule has 0 spiro atoms. The third-order valence-electron chi connectivity index (χ3n) is 5.05. The van der Waals surface area contributed by atoms with Crippen molar-refractivity contribution >= 4 is 16.9 Å². The zero-order valence-corrected chi connectivity index (χ0v) is 16.2. The Morgan fingerprint density at radius 1 is 1.14 bits per heavy atom. The third-order valence-corrected chi connectivity index (χ3v) is 5.05. The van der Waals surface area contributed by atoms with Crippen LogP contribution in [0.15, 0.2) is 42.7 Å². The Balaban J connectivity index is 1.24. The lowest BCUT2D eigenvalue weighted by atomic mass is 10.2. The highest BCUT2D eigenvalue weighted by molar-refractivity contribution is 5.77. The molecule has 0 radical (unpaired) electrons. The molecule has 3 heterocycles. The van der Waals surface area contributed by atoms with E-state index in [1.165, 1.54) is 17.7 Å². The van der Waals surface area contributed by atoms with Crippen LogP contribution in [0.5, 0.6) is 0 Å². The summed E-state index contributed by atoms with van der Waals surface area (Å²) in [5, 5.41) is 0. The predicted octanol–water partition coefficient (Wildman–Crippen LogP) is 2.35. The summed E-state index contributed by atoms with van der Waals surface area (Å²) >= 11 is 0. The number of imidazole rings is 1. The summed E-state index contributed by atoms with van der Waals surface area (Å²) in [4.78, 5) is 28.1. The lowest BCUT2D eigenvalue weighted by Crippen LogP contribution is -2.37. The fourth-order valence-electron chi connectivity index (χ4n) is 3.55. The Morgan fingerprint density at radius 3 is 2.86 bits per heavy atom. The Kier molecular flexibility index (Phi) is 6.12. The van der Waals surface area contributed by atoms with Gasteiger partial charge < -0.3 is 14.6 Å². The van der Waals surface area contributed by atoms with E-state index in [1.807, 2.05) is 17.0 Å². The molecule has 1 aliphatic heterocycles. The number of nitrogens with zero attached hydrogens (tertiary/aromatic N) is 4. The molecular weight excluding hydrogens is 373 g/mol. The van der Waals surface area contributed by atoms with E-state index in [9.17, 15) is 9.18 Å². The number of carbonyl (C=O) groups excluding carboxylic acids is 1. The highest BCUT2D eigenvalue weighted by Gasteiger charge is 2.19. The first-order chi connectivity index (χ1) is 14.2. The summed E-state index contributed by atoms with van der Waals surface area (Å²) in [7, 11) is 0. The van der Waals surface area contributed by atoms with E-state index < -0.39 is 0 Å². The molecule has 0 unspecified atom stereocenters. The van der Waals surface area contributed by atoms with Crippen molar-refractivity contribution in [3.8, 4) is 0 Å². The molecule has 0 bridgehead atoms. The number of H-pyrrole nitrogens is 1. The molecule has 3 aromatic rings. The van der Waals surface area contributed by atoms with E-state index in [-0.39, 0.29) is 24.9 Å². The van der Waals surface area contributed by atoms with Crippen molar-refractivity contribution in [1.82, 2.24) is 24.8 Å². The summed E-state index contributed by atoms with van der Waals surface area (Å²) in [5.74, 6) is 0.249. The van der Waals surface area contributed by atoms with Crippen LogP contribution in [0.1, 0.15) is 17.8 Å². The van der Waals surface area contributed by atoms with Crippen LogP contribution in [-0.2, 0) is 22.7 Å². The van der Waals surface area contributed by atoms with Crippen molar-refractivity contribution in [1.29, 1.82) is 0 Å². The van der Waals surface area contributed by atoms with Crippen molar-refractivity contribution in [2.75, 3.05) is 32.8 Å². The van der Waals surface area contributed by atoms with Crippen LogP contribution in [0.3, 0.4) is 0 Å². The number of ether oxygens (including phenoxy) is 1. The molecule has 1 amide bonds. The Hall–Kier alpha value is -2.84. The highest BCUT2D eigenvalue weighted by Crippen LogP contribution is 2.13. The van der Waals surface area contributed by atoms with Crippen molar-refractivity contribution in [3.63, 3.8) is 0 Å². The van der Waals surface area contributed by atoms with Crippen LogP contribution in [0.2, 0.25) is 0 Å². The zero-order valence-electron chi connectivity index (χ0n) is 16.2. The van der Waals surface area contributed by atoms with E-state index in [4.69, 9.17) is 4.74 Å². The van der Waals surface area contributed by atoms with Crippen LogP contribution in [0.4, 0.5) is 4.39 Å². The number of hydrogen-bond acceptors (Lipinski definition) is 5. The number of pyridine rings is 1. The normalized spacial score (nSPS) is 15.6. The fourth-order valence-corrected chi connectivity index (χ4v) is 3.55. The first kappa shape index (κ1) is 19.5. The van der Waals surface area contributed by atoms with Gasteiger partial charge in [0.2, 0.25) is 5.91 Å². The molecule has 1 aromatic carbocycles. The Labute approximate surface area is 168 Å². The van der Waals surface area contributed by atoms with Gasteiger partial charge in [-0.2, -0.15) is 0 Å². The maximum absolute atomic E-state index is 13.3. The Bertz CT molecular complexity index is 962. The number of hydrogen-bond donors (Lipinski definition) is 1. The van der Waals surface area contributed by atoms with Gasteiger partial charge in [-0.05, 0) is 42.3 Å². The monoisotopic (exact) mass is 397 g/mol. The molecular formula is C21H24FN5O2. The minimum Gasteiger partial charge on any atom is -0.364 e. The summed E-state index contributed by atoms with van der Waals surface area (Å²) < 4.78 is 18.8. The molecule has 1 saturated heterocycles. The highest BCUT2D eigenvalue weighted by atomic mass is 19.1. The maximum atomic E-state index is 13.3. The topological polar surface area (TPSA) is 74.3 Å². The predicted molar refractivity (Wildman–Crippen MR) is 106 cm³/mol. The number of aromatic nitrogens is 3. The van der Waals surface area contributed by atoms with E-state index >= 15 is 0 Å². The van der Waals surface area contributed by atoms with Gasteiger partial charge in [0, 0.05) is 45.1 Å². The molecule has 0 aliphatic carbocycles. The molecule has 29 heavy (non-hydrogen) atoms. The fraction of sp³-hybridized carbons (Fsp3) is 0.381. The summed E-state index contributed by atoms with van der Waals surface area (Å²) in [5.41, 5.74) is 2.53. The minimum absolute atomic E-state index is 0.00968. The molecule has 0 saturated carbocycles. The van der Waals surface area contributed by atoms with Crippen LogP contribution >= 0.6 is 0 Å². The number of benzene rings is 1. The molecule has 152 valence electrons. The summed E-state index contributed by atoms with van der Waals surface area (Å²) in [6, 6.07) is 8.42. The van der Waals surface area contributed by atoms with Gasteiger partial charge in [-0.25, -0.2) is 9.37 Å². The molecule has 1 N–H and O–H groups in total. The van der Waals surface area contributed by atoms with Crippen LogP contribution < -0.4 is 0 Å². The Morgan fingerprint density at radius 2 is 2.00 bits per heavy atom. The van der Waals surface area contributed by atoms with Gasteiger partial charge in [0.15, 0.2) is 0 Å². The molecule has 8 heteroatoms. The van der Waals surface area contributed by atoms with Gasteiger partial charge in [0.1, 0.15) is 24.9 Å². The lowest BCUT2D eigenvalue weighted by Gasteiger charge is -2.22. The van der Waals surface area contributed by atoms with Crippen LogP contribution in [-0.4, -0.2) is 63.4 Å². The van der Waals surface area contributed by atoms with Gasteiger partial charge >= 0.3 is 0 Å². The van der Waals surface area contributed by atoms with Crippen molar-refractivity contribution < 1.29 is 13.9 Å². The second-order valence-electron chi connectivity index (χ2n) is 7.20. The molecule has 4 rings (SSSR count). The number of fused-ring (bicyclic) bond motifs is 1. The second-order valence-corrected chi connectivity index (χ2v) is 7.20. The minimum atomic E-state index is -0.317. The van der Waals surface area contributed by atoms with E-state index in [2.05, 4.69) is 19.9 Å². The van der Waals surface area contributed by atoms with Crippen LogP contribution in [0, 0.1) is 5.82 Å². The van der Waals surface area contributed by atoms with Crippen molar-refractivity contribution in [3.05, 3.63) is 59.9 Å². The molecule has 2 aromatic heterocycles. The number of carbonyl (C=O) groups is 1. The zero-order chi connectivity index (χ0) is 20.1. The number of rotatable bonds is 6. The molecule has 0 atom stereocenters. The molecule has 1 aliphatic rings. The smallest absolute Gasteiger partial charge is 0.248 e. The maximum Gasteiger partial charge on any atom is 0.248 e. The lowest BCUT2D eigenvalue weighted by molar-refractivity contribution is -0.136. The SMILES string of the molecule is O=C(COCc1nc2ccc(F)cc2[nH]1)N1CCCN(Cc2ccncc2)CC1. The van der Waals surface area contributed by atoms with Crippen molar-refractivity contribution in [2.45, 2.75) is 19.6 Å². The standard InChI is InChI=1S/C21H24FN5O2/c22-17-2-3-18-19(12-17)25-20(24-18)14-29-15-21(28)27-9-1-8-26(10-11-27)13-16-4-6-23-7-5-16/h2-7,12H,1,8-11,13-15H2,(H,24,25). The van der Waals surface area contributed by atoms with E-state index in [1.54, 1.807) is 18.5 Å². The number of aromatic amines is 1. The van der Waals surface area contributed by atoms with Gasteiger partial charge in [0.05, 0.1) is 11.0 Å². The average molecular weight is 397 g/mol. The molecule has 7 nitrogen and oxygen atoms in total. The second kappa shape index (κ2) is 9.11. The number of halogens is 1. The molecule has 1 fully saturated rings. The van der Waals surface area contributed by atoms with Gasteiger partial charge in [-0.15, -0.1) is 0 Å². The summed E-state index contributed by atoms with van der Waals surface area (Å²) in [6.07, 6.45) is 4.55. The van der Waals surface area contributed by atoms with Gasteiger partial charge in [-0.1, -0.05) is 0 Å². The van der Waals surface area contributed by atoms with Gasteiger partial charge in [-0.3, -0.25) is 14.7 Å². The summed E-state index contributed by atoms with van der Waals surface area (Å²) in [6.45, 7) is 4.29. The largest absolute Gasteiger partial charge is 0.364 e. The first-order valence-corrected chi connectivity index (χ1v) is 9.78. The number of amides is 1. The quantitative estimate of drug-likeness (QED) is 0.691. The third kappa shape index (κ3) is 5.16. The number of nitrogens with one attached hydrogen (secondary N) is 1. The van der Waals surface area contributed by atoms with E-state index in [0.29, 0.717) is 23.4 Å². The van der Waals surface area contributed by atoms with Crippen LogP contribution in [0.25, 0.3) is 11.0 Å². The van der Waals surface area contributed by atoms with E-state index in [0.717, 1.165) is 32.6 Å². The first-order valence-electron chi connectivity index (χ1n) is 9.78. The van der Waals surface area contributed by atoms with Crippen molar-refractivity contribution in [2.24, 2.45) is 0 Å². The van der Waals surface area contributed by atoms with Gasteiger partial charge in [0.25, 0.3) is 0 Å². The average Bonchev–Trinajstić information content (AvgIpc) is 2.97.